The molecule has 0 saturated carbocycles. The molecule has 0 bridgehead atoms. The lowest BCUT2D eigenvalue weighted by atomic mass is 9.96. The molecule has 164 valence electrons. The van der Waals surface area contributed by atoms with Crippen molar-refractivity contribution in [2.45, 2.75) is 27.2 Å². The zero-order valence-corrected chi connectivity index (χ0v) is 19.1. The number of allylic oxidation sites excluding steroid dienone is 1. The van der Waals surface area contributed by atoms with Gasteiger partial charge in [-0.25, -0.2) is 0 Å². The van der Waals surface area contributed by atoms with Crippen LogP contribution in [-0.2, 0) is 9.53 Å². The fourth-order valence-electron chi connectivity index (χ4n) is 3.58. The molecule has 31 heavy (non-hydrogen) atoms. The number of ether oxygens (including phenoxy) is 2. The van der Waals surface area contributed by atoms with Crippen LogP contribution in [0.4, 0.5) is 0 Å². The van der Waals surface area contributed by atoms with Gasteiger partial charge in [-0.05, 0) is 56.5 Å². The minimum atomic E-state index is -0.140. The van der Waals surface area contributed by atoms with Gasteiger partial charge in [-0.15, -0.1) is 0 Å². The Bertz CT molecular complexity index is 1080. The maximum atomic E-state index is 12.4. The van der Waals surface area contributed by atoms with Crippen molar-refractivity contribution in [1.29, 1.82) is 0 Å². The van der Waals surface area contributed by atoms with E-state index in [0.29, 0.717) is 30.5 Å². The second-order valence-electron chi connectivity index (χ2n) is 7.28. The standard InChI is InChI=1S/C25H28ClNO4/c1-5-30-12-6-11-27-23(28)13-16(2)20-14-21-22(18-7-9-19(26)10-8-18)15-31-25(21)17(3)24(20)29-4/h7-10,13-15H,5-6,11-12H2,1-4H3,(H,27,28)/b16-13+. The highest BCUT2D eigenvalue weighted by atomic mass is 35.5. The van der Waals surface area contributed by atoms with Gasteiger partial charge in [0.05, 0.1) is 13.4 Å². The highest BCUT2D eigenvalue weighted by Gasteiger charge is 2.18. The van der Waals surface area contributed by atoms with Crippen LogP contribution in [0.1, 0.15) is 31.4 Å². The number of fused-ring (bicyclic) bond motifs is 1. The first-order valence-electron chi connectivity index (χ1n) is 10.3. The van der Waals surface area contributed by atoms with Crippen LogP contribution in [0.5, 0.6) is 5.75 Å². The van der Waals surface area contributed by atoms with Crippen molar-refractivity contribution in [3.05, 3.63) is 58.8 Å². The molecule has 0 unspecified atom stereocenters. The summed E-state index contributed by atoms with van der Waals surface area (Å²) in [6.07, 6.45) is 4.13. The minimum absolute atomic E-state index is 0.140. The summed E-state index contributed by atoms with van der Waals surface area (Å²) >= 11 is 6.04. The van der Waals surface area contributed by atoms with Gasteiger partial charge in [0.1, 0.15) is 11.3 Å². The number of amides is 1. The molecule has 3 rings (SSSR count). The fraction of sp³-hybridized carbons (Fsp3) is 0.320. The van der Waals surface area contributed by atoms with Crippen molar-refractivity contribution < 1.29 is 18.7 Å². The molecule has 1 amide bonds. The zero-order chi connectivity index (χ0) is 22.4. The average Bonchev–Trinajstić information content (AvgIpc) is 3.18. The highest BCUT2D eigenvalue weighted by molar-refractivity contribution is 6.30. The third-order valence-electron chi connectivity index (χ3n) is 5.14. The van der Waals surface area contributed by atoms with E-state index < -0.39 is 0 Å². The predicted molar refractivity (Wildman–Crippen MR) is 126 cm³/mol. The Balaban J connectivity index is 1.94. The van der Waals surface area contributed by atoms with Crippen LogP contribution in [0.2, 0.25) is 5.02 Å². The first-order valence-corrected chi connectivity index (χ1v) is 10.7. The second kappa shape index (κ2) is 10.5. The summed E-state index contributed by atoms with van der Waals surface area (Å²) in [7, 11) is 1.63. The Morgan fingerprint density at radius 2 is 2.00 bits per heavy atom. The van der Waals surface area contributed by atoms with E-state index in [9.17, 15) is 4.79 Å². The Kier molecular flexibility index (Phi) is 7.77. The van der Waals surface area contributed by atoms with Crippen LogP contribution in [0.15, 0.2) is 47.1 Å². The van der Waals surface area contributed by atoms with E-state index in [4.69, 9.17) is 25.5 Å². The molecule has 0 radical (unpaired) electrons. The molecule has 0 spiro atoms. The van der Waals surface area contributed by atoms with Crippen LogP contribution >= 0.6 is 11.6 Å². The van der Waals surface area contributed by atoms with Crippen molar-refractivity contribution in [1.82, 2.24) is 5.32 Å². The molecule has 0 saturated heterocycles. The maximum absolute atomic E-state index is 12.4. The Hall–Kier alpha value is -2.76. The smallest absolute Gasteiger partial charge is 0.244 e. The van der Waals surface area contributed by atoms with E-state index in [0.717, 1.165) is 45.2 Å². The Labute approximate surface area is 188 Å². The predicted octanol–water partition coefficient (Wildman–Crippen LogP) is 6.02. The summed E-state index contributed by atoms with van der Waals surface area (Å²) in [5.74, 6) is 0.557. The number of aryl methyl sites for hydroxylation is 1. The van der Waals surface area contributed by atoms with Crippen LogP contribution < -0.4 is 10.1 Å². The summed E-state index contributed by atoms with van der Waals surface area (Å²) in [6, 6.07) is 9.65. The van der Waals surface area contributed by atoms with Gasteiger partial charge < -0.3 is 19.2 Å². The lowest BCUT2D eigenvalue weighted by Gasteiger charge is -2.13. The van der Waals surface area contributed by atoms with Gasteiger partial charge in [0.25, 0.3) is 0 Å². The molecule has 0 fully saturated rings. The summed E-state index contributed by atoms with van der Waals surface area (Å²) in [5, 5.41) is 4.54. The van der Waals surface area contributed by atoms with Crippen molar-refractivity contribution in [3.63, 3.8) is 0 Å². The van der Waals surface area contributed by atoms with Crippen molar-refractivity contribution in [3.8, 4) is 16.9 Å². The maximum Gasteiger partial charge on any atom is 0.244 e. The molecule has 0 aliphatic rings. The highest BCUT2D eigenvalue weighted by Crippen LogP contribution is 2.40. The van der Waals surface area contributed by atoms with Crippen LogP contribution in [0.3, 0.4) is 0 Å². The van der Waals surface area contributed by atoms with E-state index in [1.807, 2.05) is 51.1 Å². The van der Waals surface area contributed by atoms with E-state index in [1.165, 1.54) is 0 Å². The molecule has 1 aromatic heterocycles. The van der Waals surface area contributed by atoms with E-state index in [2.05, 4.69) is 5.32 Å². The lowest BCUT2D eigenvalue weighted by Crippen LogP contribution is -2.23. The number of furan rings is 1. The van der Waals surface area contributed by atoms with Gasteiger partial charge in [-0.1, -0.05) is 23.7 Å². The molecule has 0 aliphatic carbocycles. The molecule has 0 atom stereocenters. The summed E-state index contributed by atoms with van der Waals surface area (Å²) < 4.78 is 16.9. The molecule has 3 aromatic rings. The number of methoxy groups -OCH3 is 1. The SMILES string of the molecule is CCOCCCNC(=O)/C=C(\C)c1cc2c(-c3ccc(Cl)cc3)coc2c(C)c1OC. The minimum Gasteiger partial charge on any atom is -0.496 e. The van der Waals surface area contributed by atoms with E-state index in [1.54, 1.807) is 19.4 Å². The summed E-state index contributed by atoms with van der Waals surface area (Å²) in [4.78, 5) is 12.4. The van der Waals surface area contributed by atoms with Gasteiger partial charge in [0, 0.05) is 52.9 Å². The largest absolute Gasteiger partial charge is 0.496 e. The lowest BCUT2D eigenvalue weighted by molar-refractivity contribution is -0.116. The Morgan fingerprint density at radius 1 is 1.26 bits per heavy atom. The zero-order valence-electron chi connectivity index (χ0n) is 18.4. The molecule has 5 nitrogen and oxygen atoms in total. The first-order chi connectivity index (χ1) is 15.0. The van der Waals surface area contributed by atoms with Gasteiger partial charge >= 0.3 is 0 Å². The average molecular weight is 442 g/mol. The monoisotopic (exact) mass is 441 g/mol. The van der Waals surface area contributed by atoms with Gasteiger partial charge in [-0.2, -0.15) is 0 Å². The first kappa shape index (κ1) is 22.9. The molecule has 6 heteroatoms. The third kappa shape index (κ3) is 5.30. The fourth-order valence-corrected chi connectivity index (χ4v) is 3.71. The number of hydrogen-bond acceptors (Lipinski definition) is 4. The molecule has 2 aromatic carbocycles. The van der Waals surface area contributed by atoms with Crippen LogP contribution in [0.25, 0.3) is 27.7 Å². The molecule has 1 N–H and O–H groups in total. The number of carbonyl (C=O) groups is 1. The van der Waals surface area contributed by atoms with E-state index >= 15 is 0 Å². The summed E-state index contributed by atoms with van der Waals surface area (Å²) in [6.45, 7) is 7.71. The van der Waals surface area contributed by atoms with E-state index in [-0.39, 0.29) is 5.91 Å². The summed E-state index contributed by atoms with van der Waals surface area (Å²) in [5.41, 5.74) is 5.29. The normalized spacial score (nSPS) is 11.7. The molecule has 1 heterocycles. The molecular formula is C25H28ClNO4. The van der Waals surface area contributed by atoms with Crippen molar-refractivity contribution in [2.24, 2.45) is 0 Å². The van der Waals surface area contributed by atoms with Gasteiger partial charge in [-0.3, -0.25) is 4.79 Å². The second-order valence-corrected chi connectivity index (χ2v) is 7.72. The van der Waals surface area contributed by atoms with Crippen LogP contribution in [-0.4, -0.2) is 32.8 Å². The van der Waals surface area contributed by atoms with Gasteiger partial charge in [0.15, 0.2) is 0 Å². The number of nitrogens with one attached hydrogen (secondary N) is 1. The number of rotatable bonds is 9. The topological polar surface area (TPSA) is 60.7 Å². The van der Waals surface area contributed by atoms with Crippen molar-refractivity contribution in [2.75, 3.05) is 26.9 Å². The molecular weight excluding hydrogens is 414 g/mol. The number of carbonyl (C=O) groups excluding carboxylic acids is 1. The molecule has 0 aliphatic heterocycles. The quantitative estimate of drug-likeness (QED) is 0.326. The van der Waals surface area contributed by atoms with Crippen molar-refractivity contribution >= 4 is 34.1 Å². The third-order valence-corrected chi connectivity index (χ3v) is 5.40. The van der Waals surface area contributed by atoms with Crippen LogP contribution in [0, 0.1) is 6.92 Å². The number of hydrogen-bond donors (Lipinski definition) is 1. The number of benzene rings is 2. The number of halogens is 1. The van der Waals surface area contributed by atoms with Gasteiger partial charge in [0.2, 0.25) is 5.91 Å². The Morgan fingerprint density at radius 3 is 2.68 bits per heavy atom.